The third-order valence-electron chi connectivity index (χ3n) is 3.23. The maximum atomic E-state index is 10.1. The highest BCUT2D eigenvalue weighted by Gasteiger charge is 2.44. The molecule has 1 fully saturated rings. The molecule has 2 aromatic heterocycles. The third-order valence-corrected chi connectivity index (χ3v) is 3.79. The Morgan fingerprint density at radius 2 is 2.10 bits per heavy atom. The zero-order chi connectivity index (χ0) is 14.4. The van der Waals surface area contributed by atoms with Crippen LogP contribution in [0.3, 0.4) is 0 Å². The maximum Gasteiger partial charge on any atom is 0.181 e. The predicted molar refractivity (Wildman–Crippen MR) is 70.4 cm³/mol. The van der Waals surface area contributed by atoms with Crippen molar-refractivity contribution in [3.05, 3.63) is 11.1 Å². The minimum atomic E-state index is -1.22. The normalized spacial score (nSPS) is 30.2. The minimum Gasteiger partial charge on any atom is -0.394 e. The molecule has 1 saturated heterocycles. The predicted octanol–water partition coefficient (Wildman–Crippen LogP) is -1.22. The van der Waals surface area contributed by atoms with E-state index < -0.39 is 31.1 Å². The molecule has 4 atom stereocenters. The molecule has 5 N–H and O–H groups in total. The van der Waals surface area contributed by atoms with Crippen molar-refractivity contribution in [2.45, 2.75) is 24.5 Å². The van der Waals surface area contributed by atoms with E-state index in [1.54, 1.807) is 0 Å². The summed E-state index contributed by atoms with van der Waals surface area (Å²) in [4.78, 5) is 12.1. The van der Waals surface area contributed by atoms with Gasteiger partial charge in [0.05, 0.1) is 6.61 Å². The second-order valence-corrected chi connectivity index (χ2v) is 5.12. The summed E-state index contributed by atoms with van der Waals surface area (Å²) in [7, 11) is 0. The van der Waals surface area contributed by atoms with Gasteiger partial charge in [-0.3, -0.25) is 4.57 Å². The molecule has 1 aliphatic rings. The molecular formula is C10H12BrN5O4. The average Bonchev–Trinajstić information content (AvgIpc) is 2.90. The van der Waals surface area contributed by atoms with Crippen LogP contribution < -0.4 is 5.73 Å². The number of ether oxygens (including phenoxy) is 1. The standard InChI is InChI=1S/C10H12BrN5O4/c11-10-15-4-7(12)13-2-14-8(4)16(10)9-6(19)5(18)3(1-17)20-9/h2-3,5-6,9,17-19H,1H2,(H2,12,13,14)/t3-,5+,6-,9+/m0/s1. The molecule has 0 spiro atoms. The lowest BCUT2D eigenvalue weighted by Crippen LogP contribution is -2.33. The van der Waals surface area contributed by atoms with Crippen LogP contribution in [-0.4, -0.2) is 59.8 Å². The molecule has 20 heavy (non-hydrogen) atoms. The fourth-order valence-electron chi connectivity index (χ4n) is 2.22. The smallest absolute Gasteiger partial charge is 0.181 e. The molecule has 0 aromatic carbocycles. The van der Waals surface area contributed by atoms with Crippen LogP contribution in [0.1, 0.15) is 6.23 Å². The van der Waals surface area contributed by atoms with Crippen LogP contribution in [-0.2, 0) is 4.74 Å². The number of nitrogens with two attached hydrogens (primary N) is 1. The molecule has 0 saturated carbocycles. The molecule has 9 nitrogen and oxygen atoms in total. The van der Waals surface area contributed by atoms with Crippen molar-refractivity contribution in [1.29, 1.82) is 0 Å². The van der Waals surface area contributed by atoms with Crippen LogP contribution in [0.5, 0.6) is 0 Å². The van der Waals surface area contributed by atoms with Crippen molar-refractivity contribution in [1.82, 2.24) is 19.5 Å². The van der Waals surface area contributed by atoms with Crippen LogP contribution >= 0.6 is 15.9 Å². The summed E-state index contributed by atoms with van der Waals surface area (Å²) in [6.07, 6.45) is -2.97. The van der Waals surface area contributed by atoms with E-state index in [1.807, 2.05) is 0 Å². The van der Waals surface area contributed by atoms with Crippen molar-refractivity contribution in [3.8, 4) is 0 Å². The van der Waals surface area contributed by atoms with Crippen LogP contribution in [0.4, 0.5) is 5.82 Å². The van der Waals surface area contributed by atoms with E-state index in [4.69, 9.17) is 15.6 Å². The van der Waals surface area contributed by atoms with E-state index in [0.717, 1.165) is 0 Å². The zero-order valence-corrected chi connectivity index (χ0v) is 11.7. The van der Waals surface area contributed by atoms with Gasteiger partial charge in [-0.15, -0.1) is 0 Å². The third kappa shape index (κ3) is 1.88. The number of imidazole rings is 1. The summed E-state index contributed by atoms with van der Waals surface area (Å²) in [6, 6.07) is 0. The first-order valence-electron chi connectivity index (χ1n) is 5.81. The first-order valence-corrected chi connectivity index (χ1v) is 6.60. The number of halogens is 1. The Balaban J connectivity index is 2.11. The topological polar surface area (TPSA) is 140 Å². The number of hydrogen-bond acceptors (Lipinski definition) is 8. The largest absolute Gasteiger partial charge is 0.394 e. The van der Waals surface area contributed by atoms with Gasteiger partial charge in [-0.1, -0.05) is 0 Å². The van der Waals surface area contributed by atoms with Gasteiger partial charge in [-0.05, 0) is 15.9 Å². The Labute approximate surface area is 121 Å². The van der Waals surface area contributed by atoms with Crippen molar-refractivity contribution in [2.24, 2.45) is 0 Å². The van der Waals surface area contributed by atoms with E-state index >= 15 is 0 Å². The van der Waals surface area contributed by atoms with Crippen molar-refractivity contribution < 1.29 is 20.1 Å². The molecule has 2 aromatic rings. The highest BCUT2D eigenvalue weighted by Crippen LogP contribution is 2.34. The van der Waals surface area contributed by atoms with Gasteiger partial charge in [0.15, 0.2) is 27.9 Å². The van der Waals surface area contributed by atoms with E-state index in [9.17, 15) is 10.2 Å². The highest BCUT2D eigenvalue weighted by atomic mass is 79.9. The second-order valence-electron chi connectivity index (χ2n) is 4.41. The summed E-state index contributed by atoms with van der Waals surface area (Å²) in [5, 5.41) is 29.0. The van der Waals surface area contributed by atoms with Crippen LogP contribution in [0.25, 0.3) is 11.2 Å². The van der Waals surface area contributed by atoms with E-state index in [-0.39, 0.29) is 5.82 Å². The highest BCUT2D eigenvalue weighted by molar-refractivity contribution is 9.10. The SMILES string of the molecule is Nc1ncnc2c1nc(Br)n2[C@@H]1O[C@@H](CO)[C@@H](O)[C@@H]1O. The number of aliphatic hydroxyl groups excluding tert-OH is 3. The van der Waals surface area contributed by atoms with E-state index in [0.29, 0.717) is 15.9 Å². The molecule has 0 aliphatic carbocycles. The lowest BCUT2D eigenvalue weighted by molar-refractivity contribution is -0.0521. The summed E-state index contributed by atoms with van der Waals surface area (Å²) in [6.45, 7) is -0.407. The Morgan fingerprint density at radius 3 is 2.75 bits per heavy atom. The number of nitrogens with zero attached hydrogens (tertiary/aromatic N) is 4. The molecule has 10 heteroatoms. The van der Waals surface area contributed by atoms with Gasteiger partial charge in [0.1, 0.15) is 24.6 Å². The van der Waals surface area contributed by atoms with Crippen LogP contribution in [0.2, 0.25) is 0 Å². The molecular weight excluding hydrogens is 334 g/mol. The van der Waals surface area contributed by atoms with Gasteiger partial charge in [0.25, 0.3) is 0 Å². The Kier molecular flexibility index (Phi) is 3.34. The van der Waals surface area contributed by atoms with Crippen LogP contribution in [0.15, 0.2) is 11.1 Å². The molecule has 0 unspecified atom stereocenters. The molecule has 3 rings (SSSR count). The molecule has 0 amide bonds. The number of rotatable bonds is 2. The number of aromatic nitrogens is 4. The van der Waals surface area contributed by atoms with E-state index in [2.05, 4.69) is 30.9 Å². The zero-order valence-electron chi connectivity index (χ0n) is 10.1. The maximum absolute atomic E-state index is 10.1. The number of fused-ring (bicyclic) bond motifs is 1. The summed E-state index contributed by atoms with van der Waals surface area (Å²) < 4.78 is 7.23. The van der Waals surface area contributed by atoms with Gasteiger partial charge in [-0.25, -0.2) is 15.0 Å². The summed E-state index contributed by atoms with van der Waals surface area (Å²) in [5.41, 5.74) is 6.43. The van der Waals surface area contributed by atoms with Gasteiger partial charge in [0, 0.05) is 0 Å². The first-order chi connectivity index (χ1) is 9.54. The summed E-state index contributed by atoms with van der Waals surface area (Å²) >= 11 is 3.24. The molecule has 108 valence electrons. The van der Waals surface area contributed by atoms with Crippen molar-refractivity contribution in [2.75, 3.05) is 12.3 Å². The first kappa shape index (κ1) is 13.6. The fourth-order valence-corrected chi connectivity index (χ4v) is 2.77. The average molecular weight is 346 g/mol. The Hall–Kier alpha value is -1.33. The quantitative estimate of drug-likeness (QED) is 0.496. The van der Waals surface area contributed by atoms with Gasteiger partial charge >= 0.3 is 0 Å². The van der Waals surface area contributed by atoms with Crippen molar-refractivity contribution >= 4 is 32.9 Å². The number of hydrogen-bond donors (Lipinski definition) is 4. The minimum absolute atomic E-state index is 0.196. The Morgan fingerprint density at radius 1 is 1.35 bits per heavy atom. The molecule has 0 radical (unpaired) electrons. The fraction of sp³-hybridized carbons (Fsp3) is 0.500. The number of nitrogen functional groups attached to an aromatic ring is 1. The summed E-state index contributed by atoms with van der Waals surface area (Å²) in [5.74, 6) is 0.196. The Bertz CT molecular complexity index is 650. The lowest BCUT2D eigenvalue weighted by atomic mass is 10.1. The van der Waals surface area contributed by atoms with Gasteiger partial charge in [0.2, 0.25) is 0 Å². The monoisotopic (exact) mass is 345 g/mol. The van der Waals surface area contributed by atoms with Gasteiger partial charge < -0.3 is 25.8 Å². The lowest BCUT2D eigenvalue weighted by Gasteiger charge is -2.17. The number of anilines is 1. The second kappa shape index (κ2) is 4.90. The molecule has 3 heterocycles. The van der Waals surface area contributed by atoms with Gasteiger partial charge in [-0.2, -0.15) is 0 Å². The van der Waals surface area contributed by atoms with Crippen molar-refractivity contribution in [3.63, 3.8) is 0 Å². The number of aliphatic hydroxyl groups is 3. The van der Waals surface area contributed by atoms with Crippen LogP contribution in [0, 0.1) is 0 Å². The molecule has 1 aliphatic heterocycles. The molecule has 0 bridgehead atoms. The van der Waals surface area contributed by atoms with E-state index in [1.165, 1.54) is 10.9 Å².